The van der Waals surface area contributed by atoms with Crippen molar-refractivity contribution < 1.29 is 9.50 Å². The molecule has 0 saturated heterocycles. The molecule has 0 aliphatic carbocycles. The van der Waals surface area contributed by atoms with Crippen LogP contribution in [0.25, 0.3) is 0 Å². The van der Waals surface area contributed by atoms with Crippen molar-refractivity contribution in [2.45, 2.75) is 19.0 Å². The molecule has 21 heavy (non-hydrogen) atoms. The second-order valence-electron chi connectivity index (χ2n) is 5.10. The summed E-state index contributed by atoms with van der Waals surface area (Å²) < 4.78 is 14.0. The third kappa shape index (κ3) is 3.27. The monoisotopic (exact) mass is 284 g/mol. The van der Waals surface area contributed by atoms with Gasteiger partial charge in [0.1, 0.15) is 11.9 Å². The molecule has 3 nitrogen and oxygen atoms in total. The lowest BCUT2D eigenvalue weighted by atomic mass is 9.92. The lowest BCUT2D eigenvalue weighted by molar-refractivity contribution is 0.173. The van der Waals surface area contributed by atoms with Crippen molar-refractivity contribution >= 4 is 0 Å². The third-order valence-corrected chi connectivity index (χ3v) is 3.60. The van der Waals surface area contributed by atoms with Crippen LogP contribution in [0.4, 0.5) is 4.39 Å². The molecule has 0 radical (unpaired) electrons. The highest BCUT2D eigenvalue weighted by molar-refractivity contribution is 5.35. The number of rotatable bonds is 5. The number of hydrogen-bond acceptors (Lipinski definition) is 3. The normalized spacial score (nSPS) is 13.4. The maximum absolute atomic E-state index is 14.0. The fourth-order valence-electron chi connectivity index (χ4n) is 2.15. The van der Waals surface area contributed by atoms with Crippen molar-refractivity contribution in [3.63, 3.8) is 0 Å². The summed E-state index contributed by atoms with van der Waals surface area (Å²) in [5.41, 5.74) is 0.685. The van der Waals surface area contributed by atoms with Crippen LogP contribution in [-0.4, -0.2) is 11.7 Å². The molecule has 0 aliphatic heterocycles. The molecular weight excluding hydrogens is 267 g/mol. The summed E-state index contributed by atoms with van der Waals surface area (Å²) in [5.74, 6) is -0.513. The fraction of sp³-hybridized carbons (Fsp3) is 0.235. The van der Waals surface area contributed by atoms with Crippen LogP contribution in [0.1, 0.15) is 23.6 Å². The molecule has 0 aromatic heterocycles. The van der Waals surface area contributed by atoms with Gasteiger partial charge < -0.3 is 10.4 Å². The molecule has 2 rings (SSSR count). The van der Waals surface area contributed by atoms with E-state index in [2.05, 4.69) is 5.32 Å². The summed E-state index contributed by atoms with van der Waals surface area (Å²) in [6, 6.07) is 16.1. The summed E-state index contributed by atoms with van der Waals surface area (Å²) in [7, 11) is 0. The number of benzene rings is 2. The standard InChI is InChI=1S/C17H17FN2O/c1-17(12-21,15-8-3-2-4-9-15)20-11-14-7-5-6-13(10-19)16(14)18/h2-9,20-21H,11-12H2,1H3. The SMILES string of the molecule is CC(CO)(NCc1cccc(C#N)c1F)c1ccccc1. The largest absolute Gasteiger partial charge is 0.394 e. The first-order valence-corrected chi connectivity index (χ1v) is 6.69. The molecule has 0 heterocycles. The van der Waals surface area contributed by atoms with Gasteiger partial charge in [0.05, 0.1) is 17.7 Å². The van der Waals surface area contributed by atoms with E-state index in [-0.39, 0.29) is 18.7 Å². The number of nitrogens with one attached hydrogen (secondary N) is 1. The molecule has 4 heteroatoms. The highest BCUT2D eigenvalue weighted by Gasteiger charge is 2.25. The summed E-state index contributed by atoms with van der Waals surface area (Å²) in [4.78, 5) is 0. The zero-order valence-electron chi connectivity index (χ0n) is 11.8. The van der Waals surface area contributed by atoms with Crippen LogP contribution in [0.2, 0.25) is 0 Å². The Balaban J connectivity index is 2.20. The average molecular weight is 284 g/mol. The summed E-state index contributed by atoms with van der Waals surface area (Å²) >= 11 is 0. The topological polar surface area (TPSA) is 56.0 Å². The van der Waals surface area contributed by atoms with Gasteiger partial charge in [0.15, 0.2) is 0 Å². The molecule has 1 atom stereocenters. The minimum Gasteiger partial charge on any atom is -0.394 e. The van der Waals surface area contributed by atoms with Crippen LogP contribution in [0.15, 0.2) is 48.5 Å². The molecule has 0 saturated carbocycles. The van der Waals surface area contributed by atoms with Crippen LogP contribution in [0.3, 0.4) is 0 Å². The van der Waals surface area contributed by atoms with Gasteiger partial charge in [-0.25, -0.2) is 4.39 Å². The van der Waals surface area contributed by atoms with E-state index in [0.29, 0.717) is 5.56 Å². The lowest BCUT2D eigenvalue weighted by Gasteiger charge is -2.29. The lowest BCUT2D eigenvalue weighted by Crippen LogP contribution is -2.42. The highest BCUT2D eigenvalue weighted by atomic mass is 19.1. The van der Waals surface area contributed by atoms with Gasteiger partial charge in [-0.2, -0.15) is 5.26 Å². The smallest absolute Gasteiger partial charge is 0.145 e. The molecule has 0 bridgehead atoms. The van der Waals surface area contributed by atoms with Crippen molar-refractivity contribution in [3.8, 4) is 6.07 Å². The summed E-state index contributed by atoms with van der Waals surface area (Å²) in [5, 5.41) is 21.7. The van der Waals surface area contributed by atoms with E-state index < -0.39 is 11.4 Å². The Labute approximate surface area is 123 Å². The molecule has 0 spiro atoms. The molecule has 2 aromatic rings. The molecule has 1 unspecified atom stereocenters. The summed E-state index contributed by atoms with van der Waals surface area (Å²) in [6.07, 6.45) is 0. The van der Waals surface area contributed by atoms with Crippen molar-refractivity contribution in [1.29, 1.82) is 5.26 Å². The Bertz CT molecular complexity index is 652. The number of aliphatic hydroxyl groups excluding tert-OH is 1. The number of nitrogens with zero attached hydrogens (tertiary/aromatic N) is 1. The number of hydrogen-bond donors (Lipinski definition) is 2. The van der Waals surface area contributed by atoms with Gasteiger partial charge in [0, 0.05) is 12.1 Å². The molecule has 0 aliphatic rings. The molecule has 2 aromatic carbocycles. The third-order valence-electron chi connectivity index (χ3n) is 3.60. The van der Waals surface area contributed by atoms with Crippen molar-refractivity contribution in [2.24, 2.45) is 0 Å². The molecule has 108 valence electrons. The van der Waals surface area contributed by atoms with Gasteiger partial charge >= 0.3 is 0 Å². The zero-order chi connectivity index (χ0) is 15.3. The van der Waals surface area contributed by atoms with E-state index >= 15 is 0 Å². The van der Waals surface area contributed by atoms with Crippen molar-refractivity contribution in [2.75, 3.05) is 6.61 Å². The first kappa shape index (κ1) is 15.2. The van der Waals surface area contributed by atoms with Gasteiger partial charge in [0.2, 0.25) is 0 Å². The summed E-state index contributed by atoms with van der Waals surface area (Å²) in [6.45, 7) is 1.97. The predicted molar refractivity (Wildman–Crippen MR) is 78.8 cm³/mol. The predicted octanol–water partition coefficient (Wildman–Crippen LogP) is 2.69. The van der Waals surface area contributed by atoms with Gasteiger partial charge in [-0.05, 0) is 18.6 Å². The van der Waals surface area contributed by atoms with Crippen LogP contribution >= 0.6 is 0 Å². The second-order valence-corrected chi connectivity index (χ2v) is 5.10. The Morgan fingerprint density at radius 3 is 2.52 bits per heavy atom. The Kier molecular flexibility index (Phi) is 4.69. The maximum Gasteiger partial charge on any atom is 0.145 e. The molecule has 0 fully saturated rings. The zero-order valence-corrected chi connectivity index (χ0v) is 11.8. The quantitative estimate of drug-likeness (QED) is 0.887. The average Bonchev–Trinajstić information content (AvgIpc) is 2.54. The van der Waals surface area contributed by atoms with Crippen LogP contribution in [0, 0.1) is 17.1 Å². The number of nitriles is 1. The molecule has 0 amide bonds. The van der Waals surface area contributed by atoms with Crippen LogP contribution in [-0.2, 0) is 12.1 Å². The Morgan fingerprint density at radius 2 is 1.90 bits per heavy atom. The van der Waals surface area contributed by atoms with Crippen molar-refractivity contribution in [3.05, 3.63) is 71.0 Å². The van der Waals surface area contributed by atoms with Crippen LogP contribution < -0.4 is 5.32 Å². The Hall–Kier alpha value is -2.22. The fourth-order valence-corrected chi connectivity index (χ4v) is 2.15. The van der Waals surface area contributed by atoms with Crippen molar-refractivity contribution in [1.82, 2.24) is 5.32 Å². The van der Waals surface area contributed by atoms with Crippen LogP contribution in [0.5, 0.6) is 0 Å². The van der Waals surface area contributed by atoms with E-state index in [9.17, 15) is 9.50 Å². The van der Waals surface area contributed by atoms with Gasteiger partial charge in [-0.1, -0.05) is 42.5 Å². The second kappa shape index (κ2) is 6.49. The highest BCUT2D eigenvalue weighted by Crippen LogP contribution is 2.21. The number of aliphatic hydroxyl groups is 1. The van der Waals surface area contributed by atoms with E-state index in [4.69, 9.17) is 5.26 Å². The first-order chi connectivity index (χ1) is 10.1. The van der Waals surface area contributed by atoms with Gasteiger partial charge in [-0.3, -0.25) is 0 Å². The molecule has 2 N–H and O–H groups in total. The minimum absolute atomic E-state index is 0.0275. The van der Waals surface area contributed by atoms with E-state index in [1.165, 1.54) is 6.07 Å². The minimum atomic E-state index is -0.670. The Morgan fingerprint density at radius 1 is 1.19 bits per heavy atom. The molecular formula is C17H17FN2O. The van der Waals surface area contributed by atoms with E-state index in [1.807, 2.05) is 43.3 Å². The van der Waals surface area contributed by atoms with Gasteiger partial charge in [-0.15, -0.1) is 0 Å². The first-order valence-electron chi connectivity index (χ1n) is 6.69. The van der Waals surface area contributed by atoms with Gasteiger partial charge in [0.25, 0.3) is 0 Å². The number of halogens is 1. The van der Waals surface area contributed by atoms with E-state index in [0.717, 1.165) is 5.56 Å². The maximum atomic E-state index is 14.0. The van der Waals surface area contributed by atoms with E-state index in [1.54, 1.807) is 12.1 Å².